The molecule has 0 saturated carbocycles. The van der Waals surface area contributed by atoms with Gasteiger partial charge in [-0.2, -0.15) is 0 Å². The molecule has 1 aliphatic rings. The summed E-state index contributed by atoms with van der Waals surface area (Å²) >= 11 is 0. The number of esters is 1. The summed E-state index contributed by atoms with van der Waals surface area (Å²) in [6.07, 6.45) is 8.19. The van der Waals surface area contributed by atoms with Crippen LogP contribution in [0.1, 0.15) is 51.9 Å². The molecular formula is C11H20O2. The second kappa shape index (κ2) is 6.01. The second-order valence-electron chi connectivity index (χ2n) is 3.94. The van der Waals surface area contributed by atoms with E-state index in [0.29, 0.717) is 18.9 Å². The normalized spacial score (nSPS) is 22.8. The summed E-state index contributed by atoms with van der Waals surface area (Å²) in [4.78, 5) is 10.8. The molecule has 1 heterocycles. The number of unbranched alkanes of at least 4 members (excludes halogenated alkanes) is 3. The van der Waals surface area contributed by atoms with Gasteiger partial charge in [0.2, 0.25) is 0 Å². The fourth-order valence-electron chi connectivity index (χ4n) is 1.78. The molecule has 1 saturated heterocycles. The summed E-state index contributed by atoms with van der Waals surface area (Å²) < 4.78 is 5.01. The van der Waals surface area contributed by atoms with Crippen LogP contribution in [0.3, 0.4) is 0 Å². The van der Waals surface area contributed by atoms with E-state index in [1.807, 2.05) is 0 Å². The monoisotopic (exact) mass is 184 g/mol. The molecule has 0 amide bonds. The Kier molecular flexibility index (Phi) is 4.87. The maximum Gasteiger partial charge on any atom is 0.305 e. The van der Waals surface area contributed by atoms with E-state index in [0.717, 1.165) is 6.42 Å². The molecule has 0 aromatic carbocycles. The lowest BCUT2D eigenvalue weighted by molar-refractivity contribution is -0.149. The minimum absolute atomic E-state index is 0.00944. The van der Waals surface area contributed by atoms with E-state index < -0.39 is 0 Å². The van der Waals surface area contributed by atoms with Crippen molar-refractivity contribution in [2.24, 2.45) is 5.92 Å². The van der Waals surface area contributed by atoms with Crippen LogP contribution in [0.25, 0.3) is 0 Å². The van der Waals surface area contributed by atoms with Crippen LogP contribution in [0, 0.1) is 5.92 Å². The molecule has 76 valence electrons. The van der Waals surface area contributed by atoms with Crippen molar-refractivity contribution in [2.75, 3.05) is 6.61 Å². The maximum absolute atomic E-state index is 10.8. The SMILES string of the molecule is CCCCCCC1CCC(=O)OC1. The van der Waals surface area contributed by atoms with E-state index >= 15 is 0 Å². The fraction of sp³-hybridized carbons (Fsp3) is 0.909. The summed E-state index contributed by atoms with van der Waals surface area (Å²) in [5, 5.41) is 0. The Morgan fingerprint density at radius 1 is 1.38 bits per heavy atom. The number of hydrogen-bond acceptors (Lipinski definition) is 2. The Morgan fingerprint density at radius 3 is 2.85 bits per heavy atom. The van der Waals surface area contributed by atoms with Crippen molar-refractivity contribution < 1.29 is 9.53 Å². The zero-order valence-electron chi connectivity index (χ0n) is 8.55. The van der Waals surface area contributed by atoms with Crippen LogP contribution in [0.4, 0.5) is 0 Å². The van der Waals surface area contributed by atoms with Crippen molar-refractivity contribution in [1.82, 2.24) is 0 Å². The minimum Gasteiger partial charge on any atom is -0.465 e. The third-order valence-corrected chi connectivity index (χ3v) is 2.70. The molecule has 0 aliphatic carbocycles. The summed E-state index contributed by atoms with van der Waals surface area (Å²) in [5.74, 6) is 0.638. The van der Waals surface area contributed by atoms with Crippen LogP contribution >= 0.6 is 0 Å². The standard InChI is InChI=1S/C11H20O2/c1-2-3-4-5-6-10-7-8-11(12)13-9-10/h10H,2-9H2,1H3. The Bertz CT molecular complexity index is 144. The molecule has 0 N–H and O–H groups in total. The maximum atomic E-state index is 10.8. The van der Waals surface area contributed by atoms with E-state index in [2.05, 4.69) is 6.92 Å². The second-order valence-corrected chi connectivity index (χ2v) is 3.94. The van der Waals surface area contributed by atoms with Gasteiger partial charge in [-0.15, -0.1) is 0 Å². The predicted octanol–water partition coefficient (Wildman–Crippen LogP) is 2.91. The fourth-order valence-corrected chi connectivity index (χ4v) is 1.78. The van der Waals surface area contributed by atoms with E-state index in [4.69, 9.17) is 4.74 Å². The van der Waals surface area contributed by atoms with E-state index in [-0.39, 0.29) is 5.97 Å². The van der Waals surface area contributed by atoms with Gasteiger partial charge < -0.3 is 4.74 Å². The van der Waals surface area contributed by atoms with Gasteiger partial charge in [-0.3, -0.25) is 4.79 Å². The lowest BCUT2D eigenvalue weighted by atomic mass is 9.95. The van der Waals surface area contributed by atoms with Gasteiger partial charge in [0.1, 0.15) is 0 Å². The predicted molar refractivity (Wildman–Crippen MR) is 52.4 cm³/mol. The molecule has 0 aromatic rings. The highest BCUT2D eigenvalue weighted by Crippen LogP contribution is 2.20. The molecule has 1 atom stereocenters. The van der Waals surface area contributed by atoms with Crippen LogP contribution in [-0.4, -0.2) is 12.6 Å². The average Bonchev–Trinajstić information content (AvgIpc) is 2.15. The highest BCUT2D eigenvalue weighted by molar-refractivity contribution is 5.69. The highest BCUT2D eigenvalue weighted by Gasteiger charge is 2.18. The number of cyclic esters (lactones) is 1. The van der Waals surface area contributed by atoms with E-state index in [1.54, 1.807) is 0 Å². The summed E-state index contributed by atoms with van der Waals surface area (Å²) in [6, 6.07) is 0. The summed E-state index contributed by atoms with van der Waals surface area (Å²) in [5.41, 5.74) is 0. The van der Waals surface area contributed by atoms with Crippen molar-refractivity contribution in [3.8, 4) is 0 Å². The first-order chi connectivity index (χ1) is 6.33. The van der Waals surface area contributed by atoms with Gasteiger partial charge in [0.05, 0.1) is 6.61 Å². The van der Waals surface area contributed by atoms with Crippen LogP contribution in [-0.2, 0) is 9.53 Å². The lowest BCUT2D eigenvalue weighted by Gasteiger charge is -2.21. The van der Waals surface area contributed by atoms with Gasteiger partial charge in [0, 0.05) is 6.42 Å². The van der Waals surface area contributed by atoms with Crippen molar-refractivity contribution >= 4 is 5.97 Å². The van der Waals surface area contributed by atoms with E-state index in [1.165, 1.54) is 32.1 Å². The number of hydrogen-bond donors (Lipinski definition) is 0. The summed E-state index contributed by atoms with van der Waals surface area (Å²) in [6.45, 7) is 2.90. The zero-order chi connectivity index (χ0) is 9.52. The number of carbonyl (C=O) groups excluding carboxylic acids is 1. The molecule has 0 bridgehead atoms. The Morgan fingerprint density at radius 2 is 2.23 bits per heavy atom. The third kappa shape index (κ3) is 4.30. The first-order valence-corrected chi connectivity index (χ1v) is 5.48. The van der Waals surface area contributed by atoms with Crippen molar-refractivity contribution in [3.05, 3.63) is 0 Å². The van der Waals surface area contributed by atoms with Gasteiger partial charge in [-0.25, -0.2) is 0 Å². The van der Waals surface area contributed by atoms with Gasteiger partial charge in [-0.1, -0.05) is 32.6 Å². The Hall–Kier alpha value is -0.530. The van der Waals surface area contributed by atoms with Crippen LogP contribution < -0.4 is 0 Å². The van der Waals surface area contributed by atoms with Gasteiger partial charge in [-0.05, 0) is 18.8 Å². The topological polar surface area (TPSA) is 26.3 Å². The molecule has 1 fully saturated rings. The van der Waals surface area contributed by atoms with Crippen molar-refractivity contribution in [2.45, 2.75) is 51.9 Å². The number of ether oxygens (including phenoxy) is 1. The largest absolute Gasteiger partial charge is 0.465 e. The van der Waals surface area contributed by atoms with Crippen molar-refractivity contribution in [1.29, 1.82) is 0 Å². The van der Waals surface area contributed by atoms with Gasteiger partial charge in [0.25, 0.3) is 0 Å². The highest BCUT2D eigenvalue weighted by atomic mass is 16.5. The molecule has 0 radical (unpaired) electrons. The molecule has 0 aromatic heterocycles. The Labute approximate surface area is 80.7 Å². The number of carbonyl (C=O) groups is 1. The third-order valence-electron chi connectivity index (χ3n) is 2.70. The minimum atomic E-state index is -0.00944. The van der Waals surface area contributed by atoms with E-state index in [9.17, 15) is 4.79 Å². The molecule has 2 heteroatoms. The van der Waals surface area contributed by atoms with Crippen LogP contribution in [0.15, 0.2) is 0 Å². The van der Waals surface area contributed by atoms with Crippen LogP contribution in [0.5, 0.6) is 0 Å². The quantitative estimate of drug-likeness (QED) is 0.485. The Balaban J connectivity index is 1.99. The molecule has 13 heavy (non-hydrogen) atoms. The number of rotatable bonds is 5. The van der Waals surface area contributed by atoms with Crippen LogP contribution in [0.2, 0.25) is 0 Å². The van der Waals surface area contributed by atoms with Crippen molar-refractivity contribution in [3.63, 3.8) is 0 Å². The molecule has 1 unspecified atom stereocenters. The molecular weight excluding hydrogens is 164 g/mol. The van der Waals surface area contributed by atoms with Gasteiger partial charge in [0.15, 0.2) is 0 Å². The smallest absolute Gasteiger partial charge is 0.305 e. The lowest BCUT2D eigenvalue weighted by Crippen LogP contribution is -2.21. The summed E-state index contributed by atoms with van der Waals surface area (Å²) in [7, 11) is 0. The first kappa shape index (κ1) is 10.6. The molecule has 1 rings (SSSR count). The molecule has 1 aliphatic heterocycles. The zero-order valence-corrected chi connectivity index (χ0v) is 8.55. The molecule has 2 nitrogen and oxygen atoms in total. The molecule has 0 spiro atoms. The first-order valence-electron chi connectivity index (χ1n) is 5.48. The average molecular weight is 184 g/mol. The van der Waals surface area contributed by atoms with Gasteiger partial charge >= 0.3 is 5.97 Å².